The summed E-state index contributed by atoms with van der Waals surface area (Å²) in [6.07, 6.45) is 4.23. The molecule has 1 aromatic carbocycles. The molecule has 0 radical (unpaired) electrons. The van der Waals surface area contributed by atoms with Gasteiger partial charge in [-0.1, -0.05) is 34.6 Å². The maximum absolute atomic E-state index is 12.0. The maximum Gasteiger partial charge on any atom is 0.470 e. The van der Waals surface area contributed by atoms with Crippen LogP contribution in [0.15, 0.2) is 29.1 Å². The number of rotatable bonds is 7. The number of pyridine rings is 1. The molecule has 0 spiro atoms. The Labute approximate surface area is 260 Å². The van der Waals surface area contributed by atoms with E-state index in [1.54, 1.807) is 31.4 Å². The van der Waals surface area contributed by atoms with Gasteiger partial charge in [0, 0.05) is 42.4 Å². The molecule has 14 heteroatoms. The number of aromatic amines is 1. The van der Waals surface area contributed by atoms with E-state index >= 15 is 0 Å². The van der Waals surface area contributed by atoms with E-state index in [9.17, 15) is 32.3 Å². The highest BCUT2D eigenvalue weighted by molar-refractivity contribution is 5.83. The highest BCUT2D eigenvalue weighted by atomic mass is 19.4. The molecule has 1 saturated heterocycles. The second-order valence-corrected chi connectivity index (χ2v) is 12.5. The first-order valence-corrected chi connectivity index (χ1v) is 13.9. The summed E-state index contributed by atoms with van der Waals surface area (Å²) in [6, 6.07) is 5.96. The van der Waals surface area contributed by atoms with Crippen molar-refractivity contribution in [3.63, 3.8) is 0 Å². The zero-order valence-corrected chi connectivity index (χ0v) is 26.3. The number of H-pyrrole nitrogens is 1. The molecule has 2 aliphatic rings. The number of benzene rings is 1. The number of nitrogens with two attached hydrogens (primary N) is 2. The summed E-state index contributed by atoms with van der Waals surface area (Å²) in [6.45, 7) is 13.1. The van der Waals surface area contributed by atoms with Gasteiger partial charge in [0.2, 0.25) is 18.2 Å². The molecule has 2 heterocycles. The number of aromatic nitrogens is 1. The molecule has 6 N–H and O–H groups in total. The summed E-state index contributed by atoms with van der Waals surface area (Å²) in [7, 11) is 1.55. The Balaban J connectivity index is 0.000000367. The first-order valence-electron chi connectivity index (χ1n) is 13.9. The van der Waals surface area contributed by atoms with Crippen LogP contribution in [0.2, 0.25) is 0 Å². The molecule has 0 bridgehead atoms. The van der Waals surface area contributed by atoms with Crippen molar-refractivity contribution in [2.24, 2.45) is 34.1 Å². The number of amides is 4. The van der Waals surface area contributed by atoms with Crippen LogP contribution in [0.3, 0.4) is 0 Å². The number of primary amides is 2. The van der Waals surface area contributed by atoms with Crippen molar-refractivity contribution < 1.29 is 37.1 Å². The molecule has 1 aromatic heterocycles. The van der Waals surface area contributed by atoms with E-state index in [1.165, 1.54) is 0 Å². The van der Waals surface area contributed by atoms with Gasteiger partial charge in [-0.05, 0) is 46.9 Å². The average molecular weight is 638 g/mol. The third-order valence-corrected chi connectivity index (χ3v) is 7.60. The second kappa shape index (κ2) is 15.5. The Morgan fingerprint density at radius 3 is 2.09 bits per heavy atom. The van der Waals surface area contributed by atoms with Crippen LogP contribution in [0.1, 0.15) is 46.6 Å². The van der Waals surface area contributed by atoms with E-state index in [2.05, 4.69) is 68.4 Å². The average Bonchev–Trinajstić information content (AvgIpc) is 3.25. The highest BCUT2D eigenvalue weighted by Gasteiger charge is 2.62. The molecular weight excluding hydrogens is 595 g/mol. The SMILES string of the molecule is C#C.CC(C)(C)CC(=O)N1CC2[C@H](C1)C2(C)C.COc1ccc2[nH]c(=O)c(CC(NC=O)C(N)=O)cc2c1.NC(=O)C(F)(F)F. The Kier molecular flexibility index (Phi) is 13.2. The Bertz CT molecular complexity index is 1430. The van der Waals surface area contributed by atoms with Gasteiger partial charge in [-0.2, -0.15) is 13.2 Å². The molecule has 4 rings (SSSR count). The summed E-state index contributed by atoms with van der Waals surface area (Å²) in [4.78, 5) is 59.6. The number of hydrogen-bond acceptors (Lipinski definition) is 6. The molecule has 2 unspecified atom stereocenters. The zero-order valence-electron chi connectivity index (χ0n) is 26.3. The van der Waals surface area contributed by atoms with Crippen molar-refractivity contribution in [3.8, 4) is 18.6 Å². The normalized spacial score (nSPS) is 18.2. The van der Waals surface area contributed by atoms with Crippen molar-refractivity contribution in [1.82, 2.24) is 15.2 Å². The van der Waals surface area contributed by atoms with Crippen molar-refractivity contribution in [1.29, 1.82) is 0 Å². The van der Waals surface area contributed by atoms with Crippen molar-refractivity contribution in [2.75, 3.05) is 20.2 Å². The number of methoxy groups -OCH3 is 1. The fraction of sp³-hybridized carbons (Fsp3) is 0.516. The third-order valence-electron chi connectivity index (χ3n) is 7.60. The molecule has 4 amide bonds. The van der Waals surface area contributed by atoms with Gasteiger partial charge in [0.05, 0.1) is 7.11 Å². The predicted octanol–water partition coefficient (Wildman–Crippen LogP) is 2.50. The third kappa shape index (κ3) is 11.2. The van der Waals surface area contributed by atoms with E-state index in [-0.39, 0.29) is 17.4 Å². The molecule has 2 aromatic rings. The monoisotopic (exact) mass is 637 g/mol. The highest BCUT2D eigenvalue weighted by Crippen LogP contribution is 2.62. The van der Waals surface area contributed by atoms with E-state index in [0.29, 0.717) is 41.0 Å². The van der Waals surface area contributed by atoms with Crippen molar-refractivity contribution >= 4 is 35.0 Å². The van der Waals surface area contributed by atoms with Gasteiger partial charge in [0.15, 0.2) is 0 Å². The standard InChI is InChI=1S/C14H15N3O4.C13H23NO.C2H2F3NO.C2H2/c1-21-10-2-3-11-8(5-10)4-9(14(20)17-11)6-12(13(15)19)16-7-18;1-12(2,3)6-11(15)14-7-9-10(8-14)13(9,4)5;3-2(4,5)1(6)7;1-2/h2-5,7,12H,6H2,1H3,(H2,15,19)(H,16,18)(H,17,20);9-10H,6-8H2,1-5H3;(H2,6,7);1-2H/t;9-,10?;;/m.0../s1. The minimum atomic E-state index is -4.86. The molecule has 3 atom stereocenters. The summed E-state index contributed by atoms with van der Waals surface area (Å²) >= 11 is 0. The number of alkyl halides is 3. The van der Waals surface area contributed by atoms with Gasteiger partial charge in [0.1, 0.15) is 11.8 Å². The summed E-state index contributed by atoms with van der Waals surface area (Å²) in [5, 5.41) is 3.06. The van der Waals surface area contributed by atoms with Crippen LogP contribution in [-0.4, -0.2) is 66.4 Å². The number of nitrogens with one attached hydrogen (secondary N) is 2. The van der Waals surface area contributed by atoms with E-state index < -0.39 is 24.0 Å². The first kappa shape index (κ1) is 38.5. The summed E-state index contributed by atoms with van der Waals surface area (Å²) < 4.78 is 37.2. The number of halogens is 3. The minimum Gasteiger partial charge on any atom is -0.497 e. The number of ether oxygens (including phenoxy) is 1. The molecule has 1 aliphatic heterocycles. The molecule has 1 saturated carbocycles. The molecule has 45 heavy (non-hydrogen) atoms. The number of hydrogen-bond donors (Lipinski definition) is 4. The number of nitrogens with zero attached hydrogens (tertiary/aromatic N) is 1. The fourth-order valence-corrected chi connectivity index (χ4v) is 4.95. The van der Waals surface area contributed by atoms with E-state index in [1.807, 2.05) is 0 Å². The Morgan fingerprint density at radius 2 is 1.67 bits per heavy atom. The minimum absolute atomic E-state index is 0.0244. The van der Waals surface area contributed by atoms with Crippen LogP contribution >= 0.6 is 0 Å². The molecule has 1 aliphatic carbocycles. The lowest BCUT2D eigenvalue weighted by Crippen LogP contribution is -2.43. The van der Waals surface area contributed by atoms with Crippen LogP contribution in [-0.2, 0) is 25.6 Å². The topological polar surface area (TPSA) is 178 Å². The Morgan fingerprint density at radius 1 is 1.13 bits per heavy atom. The number of carbonyl (C=O) groups is 4. The van der Waals surface area contributed by atoms with Crippen molar-refractivity contribution in [2.45, 2.75) is 59.7 Å². The molecular formula is C31H42F3N5O6. The van der Waals surface area contributed by atoms with Crippen LogP contribution < -0.4 is 27.1 Å². The maximum atomic E-state index is 12.0. The van der Waals surface area contributed by atoms with Gasteiger partial charge in [-0.15, -0.1) is 12.8 Å². The van der Waals surface area contributed by atoms with Gasteiger partial charge in [0.25, 0.3) is 5.56 Å². The lowest BCUT2D eigenvalue weighted by Gasteiger charge is -2.26. The van der Waals surface area contributed by atoms with Crippen LogP contribution in [0.25, 0.3) is 10.9 Å². The predicted molar refractivity (Wildman–Crippen MR) is 164 cm³/mol. The first-order chi connectivity index (χ1) is 20.7. The van der Waals surface area contributed by atoms with Gasteiger partial charge in [-0.3, -0.25) is 24.0 Å². The Hall–Kier alpha value is -4.54. The quantitative estimate of drug-likeness (QED) is 0.268. The number of terminal acetylenes is 1. The second-order valence-electron chi connectivity index (χ2n) is 12.5. The van der Waals surface area contributed by atoms with Crippen molar-refractivity contribution in [3.05, 3.63) is 40.2 Å². The molecule has 248 valence electrons. The van der Waals surface area contributed by atoms with E-state index in [0.717, 1.165) is 30.3 Å². The number of carbonyl (C=O) groups excluding carboxylic acids is 4. The molecule has 11 nitrogen and oxygen atoms in total. The van der Waals surface area contributed by atoms with Crippen LogP contribution in [0.5, 0.6) is 5.75 Å². The van der Waals surface area contributed by atoms with Gasteiger partial charge >= 0.3 is 12.1 Å². The van der Waals surface area contributed by atoms with Crippen LogP contribution in [0.4, 0.5) is 13.2 Å². The largest absolute Gasteiger partial charge is 0.497 e. The number of likely N-dealkylation sites (tertiary alicyclic amines) is 1. The van der Waals surface area contributed by atoms with Gasteiger partial charge < -0.3 is 31.4 Å². The summed E-state index contributed by atoms with van der Waals surface area (Å²) in [5.74, 6) is -0.397. The fourth-order valence-electron chi connectivity index (χ4n) is 4.95. The molecule has 2 fully saturated rings. The van der Waals surface area contributed by atoms with Crippen LogP contribution in [0, 0.1) is 35.5 Å². The zero-order chi connectivity index (χ0) is 34.9. The lowest BCUT2D eigenvalue weighted by atomic mass is 9.91. The number of piperidine rings is 1. The smallest absolute Gasteiger partial charge is 0.470 e. The van der Waals surface area contributed by atoms with Gasteiger partial charge in [-0.25, -0.2) is 0 Å². The number of fused-ring (bicyclic) bond motifs is 2. The van der Waals surface area contributed by atoms with E-state index in [4.69, 9.17) is 15.3 Å². The summed E-state index contributed by atoms with van der Waals surface area (Å²) in [5.41, 5.74) is 10.3. The lowest BCUT2D eigenvalue weighted by molar-refractivity contribution is -0.169.